The summed E-state index contributed by atoms with van der Waals surface area (Å²) in [4.78, 5) is 8.85. The smallest absolute Gasteiger partial charge is 0.191 e. The van der Waals surface area contributed by atoms with E-state index in [-0.39, 0.29) is 24.0 Å². The predicted octanol–water partition coefficient (Wildman–Crippen LogP) is 1.26. The monoisotopic (exact) mass is 476 g/mol. The Balaban J connectivity index is 0.00000243. The predicted molar refractivity (Wildman–Crippen MR) is 111 cm³/mol. The van der Waals surface area contributed by atoms with Crippen molar-refractivity contribution in [2.75, 3.05) is 33.9 Å². The molecule has 0 spiro atoms. The van der Waals surface area contributed by atoms with E-state index in [2.05, 4.69) is 31.8 Å². The van der Waals surface area contributed by atoms with Crippen molar-refractivity contribution in [3.63, 3.8) is 0 Å². The molecule has 1 unspecified atom stereocenters. The van der Waals surface area contributed by atoms with Crippen LogP contribution in [0.25, 0.3) is 0 Å². The maximum absolute atomic E-state index is 5.34. The van der Waals surface area contributed by atoms with Crippen LogP contribution in [0.4, 0.5) is 0 Å². The maximum atomic E-state index is 5.34. The Morgan fingerprint density at radius 3 is 3.08 bits per heavy atom. The fourth-order valence-corrected chi connectivity index (χ4v) is 3.19. The van der Waals surface area contributed by atoms with Gasteiger partial charge in [-0.15, -0.1) is 24.0 Å². The molecule has 146 valence electrons. The van der Waals surface area contributed by atoms with Gasteiger partial charge in [0, 0.05) is 33.2 Å². The van der Waals surface area contributed by atoms with Gasteiger partial charge in [-0.25, -0.2) is 9.67 Å². The first-order valence-corrected chi connectivity index (χ1v) is 8.93. The van der Waals surface area contributed by atoms with Gasteiger partial charge in [-0.2, -0.15) is 5.10 Å². The van der Waals surface area contributed by atoms with Gasteiger partial charge < -0.3 is 20.1 Å². The molecule has 0 saturated heterocycles. The Morgan fingerprint density at radius 2 is 2.35 bits per heavy atom. The zero-order chi connectivity index (χ0) is 17.5. The van der Waals surface area contributed by atoms with E-state index in [9.17, 15) is 0 Å². The van der Waals surface area contributed by atoms with Crippen LogP contribution in [-0.4, -0.2) is 60.7 Å². The Kier molecular flexibility index (Phi) is 8.79. The summed E-state index contributed by atoms with van der Waals surface area (Å²) in [7, 11) is 3.47. The standard InChI is InChI=1S/C17H28N6O2.HI/c1-18-17(19-8-5-13-6-9-25-10-7-13)20-14-3-4-16-21-15(12-24-2)22-23(16)11-14;/h6,14H,3-5,7-12H2,1-2H3,(H2,18,19,20);1H. The fraction of sp³-hybridized carbons (Fsp3) is 0.706. The van der Waals surface area contributed by atoms with Crippen LogP contribution in [-0.2, 0) is 29.0 Å². The summed E-state index contributed by atoms with van der Waals surface area (Å²) < 4.78 is 12.4. The van der Waals surface area contributed by atoms with Crippen LogP contribution in [0.1, 0.15) is 30.9 Å². The molecular formula is C17H29IN6O2. The molecule has 0 aliphatic carbocycles. The number of nitrogens with one attached hydrogen (secondary N) is 2. The van der Waals surface area contributed by atoms with Gasteiger partial charge in [0.25, 0.3) is 0 Å². The van der Waals surface area contributed by atoms with Crippen LogP contribution in [0, 0.1) is 0 Å². The van der Waals surface area contributed by atoms with E-state index in [4.69, 9.17) is 9.47 Å². The number of fused-ring (bicyclic) bond motifs is 1. The molecule has 2 N–H and O–H groups in total. The Bertz CT molecular complexity index is 631. The molecule has 1 aromatic heterocycles. The third-order valence-electron chi connectivity index (χ3n) is 4.54. The van der Waals surface area contributed by atoms with E-state index >= 15 is 0 Å². The number of ether oxygens (including phenoxy) is 2. The molecule has 2 aliphatic rings. The van der Waals surface area contributed by atoms with Gasteiger partial charge in [0.05, 0.1) is 19.8 Å². The normalized spacial score (nSPS) is 20.0. The Morgan fingerprint density at radius 1 is 1.46 bits per heavy atom. The average Bonchev–Trinajstić information content (AvgIpc) is 3.03. The lowest BCUT2D eigenvalue weighted by Gasteiger charge is -2.25. The van der Waals surface area contributed by atoms with Crippen molar-refractivity contribution in [3.05, 3.63) is 23.3 Å². The molecule has 0 bridgehead atoms. The number of halogens is 1. The van der Waals surface area contributed by atoms with Crippen molar-refractivity contribution in [3.8, 4) is 0 Å². The van der Waals surface area contributed by atoms with Gasteiger partial charge in [0.2, 0.25) is 0 Å². The zero-order valence-corrected chi connectivity index (χ0v) is 17.9. The average molecular weight is 476 g/mol. The highest BCUT2D eigenvalue weighted by atomic mass is 127. The SMILES string of the molecule is CN=C(NCCC1=CCOCC1)NC1CCc2nc(COC)nn2C1.I. The maximum Gasteiger partial charge on any atom is 0.191 e. The molecule has 0 amide bonds. The third-order valence-corrected chi connectivity index (χ3v) is 4.54. The molecule has 1 aromatic rings. The molecule has 0 aromatic carbocycles. The second kappa shape index (κ2) is 10.8. The molecule has 26 heavy (non-hydrogen) atoms. The van der Waals surface area contributed by atoms with Crippen molar-refractivity contribution in [1.82, 2.24) is 25.4 Å². The van der Waals surface area contributed by atoms with Gasteiger partial charge in [0.15, 0.2) is 11.8 Å². The molecule has 2 aliphatic heterocycles. The van der Waals surface area contributed by atoms with Gasteiger partial charge >= 0.3 is 0 Å². The molecule has 0 fully saturated rings. The summed E-state index contributed by atoms with van der Waals surface area (Å²) in [6, 6.07) is 0.304. The fourth-order valence-electron chi connectivity index (χ4n) is 3.19. The number of hydrogen-bond donors (Lipinski definition) is 2. The van der Waals surface area contributed by atoms with Crippen LogP contribution in [0.3, 0.4) is 0 Å². The summed E-state index contributed by atoms with van der Waals surface area (Å²) in [6.45, 7) is 3.73. The van der Waals surface area contributed by atoms with Crippen LogP contribution < -0.4 is 10.6 Å². The third kappa shape index (κ3) is 5.92. The van der Waals surface area contributed by atoms with E-state index in [0.29, 0.717) is 12.6 Å². The van der Waals surface area contributed by atoms with E-state index in [0.717, 1.165) is 69.6 Å². The molecule has 1 atom stereocenters. The van der Waals surface area contributed by atoms with E-state index in [1.807, 2.05) is 11.7 Å². The summed E-state index contributed by atoms with van der Waals surface area (Å²) in [5, 5.41) is 11.4. The first-order valence-electron chi connectivity index (χ1n) is 8.93. The Labute approximate surface area is 171 Å². The largest absolute Gasteiger partial charge is 0.377 e. The van der Waals surface area contributed by atoms with Crippen molar-refractivity contribution < 1.29 is 9.47 Å². The minimum atomic E-state index is 0. The summed E-state index contributed by atoms with van der Waals surface area (Å²) >= 11 is 0. The number of aromatic nitrogens is 3. The number of nitrogens with zero attached hydrogens (tertiary/aromatic N) is 4. The van der Waals surface area contributed by atoms with E-state index < -0.39 is 0 Å². The number of rotatable bonds is 6. The first-order chi connectivity index (χ1) is 12.3. The van der Waals surface area contributed by atoms with Crippen molar-refractivity contribution in [2.24, 2.45) is 4.99 Å². The van der Waals surface area contributed by atoms with E-state index in [1.54, 1.807) is 7.11 Å². The van der Waals surface area contributed by atoms with Crippen LogP contribution in [0.5, 0.6) is 0 Å². The summed E-state index contributed by atoms with van der Waals surface area (Å²) in [5.74, 6) is 2.64. The topological polar surface area (TPSA) is 85.6 Å². The second-order valence-corrected chi connectivity index (χ2v) is 6.38. The minimum absolute atomic E-state index is 0. The van der Waals surface area contributed by atoms with Gasteiger partial charge in [0.1, 0.15) is 12.4 Å². The summed E-state index contributed by atoms with van der Waals surface area (Å²) in [6.07, 6.45) is 6.19. The summed E-state index contributed by atoms with van der Waals surface area (Å²) in [5.41, 5.74) is 1.46. The molecule has 0 radical (unpaired) electrons. The highest BCUT2D eigenvalue weighted by Crippen LogP contribution is 2.14. The van der Waals surface area contributed by atoms with E-state index in [1.165, 1.54) is 5.57 Å². The van der Waals surface area contributed by atoms with Gasteiger partial charge in [-0.1, -0.05) is 11.6 Å². The first kappa shape index (κ1) is 21.1. The molecule has 3 rings (SSSR count). The lowest BCUT2D eigenvalue weighted by atomic mass is 10.1. The van der Waals surface area contributed by atoms with Crippen molar-refractivity contribution in [1.29, 1.82) is 0 Å². The number of hydrogen-bond acceptors (Lipinski definition) is 5. The number of guanidine groups is 1. The molecule has 9 heteroatoms. The quantitative estimate of drug-likeness (QED) is 0.279. The van der Waals surface area contributed by atoms with Crippen LogP contribution >= 0.6 is 24.0 Å². The second-order valence-electron chi connectivity index (χ2n) is 6.38. The highest BCUT2D eigenvalue weighted by molar-refractivity contribution is 14.0. The molecule has 8 nitrogen and oxygen atoms in total. The van der Waals surface area contributed by atoms with Crippen LogP contribution in [0.15, 0.2) is 16.6 Å². The van der Waals surface area contributed by atoms with Crippen LogP contribution in [0.2, 0.25) is 0 Å². The van der Waals surface area contributed by atoms with Crippen molar-refractivity contribution >= 4 is 29.9 Å². The van der Waals surface area contributed by atoms with Gasteiger partial charge in [-0.05, 0) is 19.3 Å². The molecular weight excluding hydrogens is 447 g/mol. The zero-order valence-electron chi connectivity index (χ0n) is 15.5. The molecule has 0 saturated carbocycles. The van der Waals surface area contributed by atoms with Gasteiger partial charge in [-0.3, -0.25) is 4.99 Å². The molecule has 3 heterocycles. The highest BCUT2D eigenvalue weighted by Gasteiger charge is 2.22. The number of aliphatic imine (C=N–C) groups is 1. The van der Waals surface area contributed by atoms with Crippen molar-refractivity contribution in [2.45, 2.75) is 44.9 Å². The lowest BCUT2D eigenvalue weighted by Crippen LogP contribution is -2.47. The number of aryl methyl sites for hydroxylation is 1. The lowest BCUT2D eigenvalue weighted by molar-refractivity contribution is 0.153. The number of methoxy groups -OCH3 is 1. The minimum Gasteiger partial charge on any atom is -0.377 e. The Hall–Kier alpha value is -1.20.